The number of benzene rings is 1. The average molecular weight is 263 g/mol. The predicted octanol–water partition coefficient (Wildman–Crippen LogP) is 2.17. The van der Waals surface area contributed by atoms with Crippen LogP contribution in [0.5, 0.6) is 5.75 Å². The molecular formula is C14H21N3O2. The Morgan fingerprint density at radius 2 is 2.26 bits per heavy atom. The van der Waals surface area contributed by atoms with Gasteiger partial charge < -0.3 is 20.6 Å². The topological polar surface area (TPSA) is 71.1 Å². The van der Waals surface area contributed by atoms with Crippen LogP contribution in [0.1, 0.15) is 31.7 Å². The number of ether oxygens (including phenoxy) is 1. The van der Waals surface area contributed by atoms with Gasteiger partial charge in [-0.15, -0.1) is 0 Å². The van der Waals surface area contributed by atoms with E-state index in [-0.39, 0.29) is 5.84 Å². The standard InChI is InChI=1S/C14H21N3O2/c1-3-8-17(10-4-5-10)13-9-11(19-2)6-7-12(13)14(15)16-18/h6-7,9-10,18H,3-5,8H2,1-2H3,(H2,15,16). The maximum Gasteiger partial charge on any atom is 0.172 e. The van der Waals surface area contributed by atoms with Crippen molar-refractivity contribution in [3.63, 3.8) is 0 Å². The van der Waals surface area contributed by atoms with Gasteiger partial charge >= 0.3 is 0 Å². The lowest BCUT2D eigenvalue weighted by Crippen LogP contribution is -2.29. The molecule has 3 N–H and O–H groups in total. The molecule has 5 nitrogen and oxygen atoms in total. The average Bonchev–Trinajstić information content (AvgIpc) is 3.27. The molecule has 0 heterocycles. The Bertz CT molecular complexity index is 470. The highest BCUT2D eigenvalue weighted by Gasteiger charge is 2.30. The summed E-state index contributed by atoms with van der Waals surface area (Å²) in [5.41, 5.74) is 7.51. The summed E-state index contributed by atoms with van der Waals surface area (Å²) in [7, 11) is 1.64. The number of anilines is 1. The van der Waals surface area contributed by atoms with Gasteiger partial charge in [-0.2, -0.15) is 0 Å². The van der Waals surface area contributed by atoms with Crippen molar-refractivity contribution in [3.05, 3.63) is 23.8 Å². The summed E-state index contributed by atoms with van der Waals surface area (Å²) in [6.07, 6.45) is 3.46. The first kappa shape index (κ1) is 13.5. The summed E-state index contributed by atoms with van der Waals surface area (Å²) < 4.78 is 5.28. The van der Waals surface area contributed by atoms with E-state index >= 15 is 0 Å². The van der Waals surface area contributed by atoms with E-state index in [1.54, 1.807) is 7.11 Å². The summed E-state index contributed by atoms with van der Waals surface area (Å²) in [4.78, 5) is 2.33. The van der Waals surface area contributed by atoms with Crippen LogP contribution in [0.3, 0.4) is 0 Å². The normalized spacial score (nSPS) is 15.4. The number of methoxy groups -OCH3 is 1. The van der Waals surface area contributed by atoms with Crippen molar-refractivity contribution in [2.45, 2.75) is 32.2 Å². The largest absolute Gasteiger partial charge is 0.497 e. The Kier molecular flexibility index (Phi) is 4.14. The smallest absolute Gasteiger partial charge is 0.172 e. The van der Waals surface area contributed by atoms with Crippen LogP contribution in [0, 0.1) is 0 Å². The molecule has 1 aliphatic carbocycles. The Morgan fingerprint density at radius 3 is 2.79 bits per heavy atom. The van der Waals surface area contributed by atoms with Crippen LogP contribution < -0.4 is 15.4 Å². The number of hydrogen-bond acceptors (Lipinski definition) is 4. The first-order valence-electron chi connectivity index (χ1n) is 6.63. The molecule has 104 valence electrons. The SMILES string of the molecule is CCCN(c1cc(OC)ccc1/C(N)=N/O)C1CC1. The Labute approximate surface area is 113 Å². The first-order chi connectivity index (χ1) is 9.21. The number of oxime groups is 1. The Balaban J connectivity index is 2.43. The maximum absolute atomic E-state index is 8.92. The third kappa shape index (κ3) is 2.92. The predicted molar refractivity (Wildman–Crippen MR) is 76.2 cm³/mol. The minimum absolute atomic E-state index is 0.138. The highest BCUT2D eigenvalue weighted by atomic mass is 16.5. The van der Waals surface area contributed by atoms with E-state index in [1.807, 2.05) is 18.2 Å². The number of hydrogen-bond donors (Lipinski definition) is 2. The first-order valence-corrected chi connectivity index (χ1v) is 6.63. The van der Waals surface area contributed by atoms with Crippen molar-refractivity contribution in [1.82, 2.24) is 0 Å². The molecule has 1 aliphatic rings. The maximum atomic E-state index is 8.92. The van der Waals surface area contributed by atoms with E-state index in [4.69, 9.17) is 15.7 Å². The molecule has 1 aromatic carbocycles. The summed E-state index contributed by atoms with van der Waals surface area (Å²) in [5, 5.41) is 12.0. The van der Waals surface area contributed by atoms with Crippen LogP contribution in [0.15, 0.2) is 23.4 Å². The molecule has 2 rings (SSSR count). The van der Waals surface area contributed by atoms with Crippen molar-refractivity contribution >= 4 is 11.5 Å². The van der Waals surface area contributed by atoms with Gasteiger partial charge in [-0.05, 0) is 31.4 Å². The third-order valence-electron chi connectivity index (χ3n) is 3.35. The van der Waals surface area contributed by atoms with Crippen LogP contribution in [-0.2, 0) is 0 Å². The van der Waals surface area contributed by atoms with Crippen LogP contribution in [-0.4, -0.2) is 30.7 Å². The molecule has 0 aromatic heterocycles. The van der Waals surface area contributed by atoms with Gasteiger partial charge in [0.15, 0.2) is 5.84 Å². The van der Waals surface area contributed by atoms with E-state index in [2.05, 4.69) is 17.0 Å². The molecule has 0 radical (unpaired) electrons. The van der Waals surface area contributed by atoms with E-state index in [1.165, 1.54) is 12.8 Å². The molecule has 5 heteroatoms. The summed E-state index contributed by atoms with van der Waals surface area (Å²) in [6, 6.07) is 6.20. The number of rotatable bonds is 6. The zero-order chi connectivity index (χ0) is 13.8. The highest BCUT2D eigenvalue weighted by Crippen LogP contribution is 2.35. The van der Waals surface area contributed by atoms with Gasteiger partial charge in [0.05, 0.1) is 12.8 Å². The van der Waals surface area contributed by atoms with Crippen LogP contribution in [0.4, 0.5) is 5.69 Å². The lowest BCUT2D eigenvalue weighted by molar-refractivity contribution is 0.318. The summed E-state index contributed by atoms with van der Waals surface area (Å²) in [6.45, 7) is 3.11. The molecular weight excluding hydrogens is 242 g/mol. The molecule has 0 spiro atoms. The fourth-order valence-corrected chi connectivity index (χ4v) is 2.27. The minimum Gasteiger partial charge on any atom is -0.497 e. The van der Waals surface area contributed by atoms with Gasteiger partial charge in [-0.25, -0.2) is 0 Å². The number of amidine groups is 1. The van der Waals surface area contributed by atoms with Crippen molar-refractivity contribution < 1.29 is 9.94 Å². The summed E-state index contributed by atoms with van der Waals surface area (Å²) in [5.74, 6) is 0.922. The molecule has 1 fully saturated rings. The highest BCUT2D eigenvalue weighted by molar-refractivity contribution is 6.02. The van der Waals surface area contributed by atoms with Crippen molar-refractivity contribution in [3.8, 4) is 5.75 Å². The van der Waals surface area contributed by atoms with E-state index < -0.39 is 0 Å². The van der Waals surface area contributed by atoms with Crippen LogP contribution >= 0.6 is 0 Å². The molecule has 1 aromatic rings. The second-order valence-corrected chi connectivity index (χ2v) is 4.79. The van der Waals surface area contributed by atoms with Gasteiger partial charge in [-0.1, -0.05) is 12.1 Å². The monoisotopic (exact) mass is 263 g/mol. The van der Waals surface area contributed by atoms with Crippen molar-refractivity contribution in [2.24, 2.45) is 10.9 Å². The second-order valence-electron chi connectivity index (χ2n) is 4.79. The van der Waals surface area contributed by atoms with Gasteiger partial charge in [0.2, 0.25) is 0 Å². The molecule has 0 unspecified atom stereocenters. The lowest BCUT2D eigenvalue weighted by Gasteiger charge is -2.26. The zero-order valence-corrected chi connectivity index (χ0v) is 11.5. The second kappa shape index (κ2) is 5.82. The van der Waals surface area contributed by atoms with E-state index in [0.717, 1.165) is 30.0 Å². The number of nitrogens with zero attached hydrogens (tertiary/aromatic N) is 2. The fourth-order valence-electron chi connectivity index (χ4n) is 2.27. The van der Waals surface area contributed by atoms with Gasteiger partial charge in [0.25, 0.3) is 0 Å². The fraction of sp³-hybridized carbons (Fsp3) is 0.500. The Hall–Kier alpha value is -1.91. The Morgan fingerprint density at radius 1 is 1.53 bits per heavy atom. The zero-order valence-electron chi connectivity index (χ0n) is 11.5. The summed E-state index contributed by atoms with van der Waals surface area (Å²) >= 11 is 0. The van der Waals surface area contributed by atoms with Gasteiger partial charge in [-0.3, -0.25) is 0 Å². The molecule has 0 amide bonds. The molecule has 0 bridgehead atoms. The number of nitrogens with two attached hydrogens (primary N) is 1. The quantitative estimate of drug-likeness (QED) is 0.357. The third-order valence-corrected chi connectivity index (χ3v) is 3.35. The molecule has 0 saturated heterocycles. The molecule has 1 saturated carbocycles. The van der Waals surface area contributed by atoms with Crippen LogP contribution in [0.2, 0.25) is 0 Å². The molecule has 19 heavy (non-hydrogen) atoms. The van der Waals surface area contributed by atoms with Gasteiger partial charge in [0.1, 0.15) is 5.75 Å². The minimum atomic E-state index is 0.138. The molecule has 0 aliphatic heterocycles. The lowest BCUT2D eigenvalue weighted by atomic mass is 10.1. The van der Waals surface area contributed by atoms with Gasteiger partial charge in [0, 0.05) is 24.2 Å². The molecule has 0 atom stereocenters. The van der Waals surface area contributed by atoms with Crippen molar-refractivity contribution in [2.75, 3.05) is 18.6 Å². The van der Waals surface area contributed by atoms with Crippen LogP contribution in [0.25, 0.3) is 0 Å². The van der Waals surface area contributed by atoms with Crippen molar-refractivity contribution in [1.29, 1.82) is 0 Å². The van der Waals surface area contributed by atoms with E-state index in [9.17, 15) is 0 Å². The van der Waals surface area contributed by atoms with E-state index in [0.29, 0.717) is 6.04 Å².